The SMILES string of the molecule is COC(=O)C1CCc2c(ncn2C)C1. The Morgan fingerprint density at radius 2 is 2.50 bits per heavy atom. The fourth-order valence-electron chi connectivity index (χ4n) is 2.01. The molecule has 0 aromatic carbocycles. The van der Waals surface area contributed by atoms with E-state index < -0.39 is 0 Å². The van der Waals surface area contributed by atoms with Gasteiger partial charge in [0.15, 0.2) is 0 Å². The van der Waals surface area contributed by atoms with Gasteiger partial charge in [-0.1, -0.05) is 0 Å². The molecule has 0 N–H and O–H groups in total. The first-order valence-electron chi connectivity index (χ1n) is 4.79. The minimum absolute atomic E-state index is 0.00222. The number of rotatable bonds is 1. The summed E-state index contributed by atoms with van der Waals surface area (Å²) in [6.07, 6.45) is 4.33. The van der Waals surface area contributed by atoms with Crippen LogP contribution in [0.4, 0.5) is 0 Å². The molecule has 0 saturated heterocycles. The number of aryl methyl sites for hydroxylation is 1. The molecular weight excluding hydrogens is 180 g/mol. The van der Waals surface area contributed by atoms with E-state index in [1.807, 2.05) is 17.9 Å². The molecular formula is C10H14N2O2. The Hall–Kier alpha value is -1.32. The molecule has 0 radical (unpaired) electrons. The van der Waals surface area contributed by atoms with E-state index in [0.29, 0.717) is 0 Å². The lowest BCUT2D eigenvalue weighted by Gasteiger charge is -2.19. The molecule has 1 aliphatic carbocycles. The van der Waals surface area contributed by atoms with E-state index in [9.17, 15) is 4.79 Å². The summed E-state index contributed by atoms with van der Waals surface area (Å²) in [5, 5.41) is 0. The highest BCUT2D eigenvalue weighted by atomic mass is 16.5. The molecule has 14 heavy (non-hydrogen) atoms. The molecule has 4 nitrogen and oxygen atoms in total. The van der Waals surface area contributed by atoms with Crippen LogP contribution in [0.2, 0.25) is 0 Å². The number of hydrogen-bond acceptors (Lipinski definition) is 3. The van der Waals surface area contributed by atoms with Gasteiger partial charge in [0.25, 0.3) is 0 Å². The van der Waals surface area contributed by atoms with Crippen LogP contribution in [0.3, 0.4) is 0 Å². The zero-order chi connectivity index (χ0) is 10.1. The third-order valence-electron chi connectivity index (χ3n) is 2.85. The molecule has 1 aliphatic rings. The van der Waals surface area contributed by atoms with Crippen LogP contribution in [-0.4, -0.2) is 22.6 Å². The Bertz CT molecular complexity index is 357. The Kier molecular flexibility index (Phi) is 2.27. The molecule has 0 amide bonds. The number of methoxy groups -OCH3 is 1. The van der Waals surface area contributed by atoms with Crippen molar-refractivity contribution in [2.45, 2.75) is 19.3 Å². The molecule has 1 heterocycles. The third kappa shape index (κ3) is 1.41. The molecule has 0 saturated carbocycles. The van der Waals surface area contributed by atoms with Crippen LogP contribution in [-0.2, 0) is 29.4 Å². The Balaban J connectivity index is 2.18. The number of esters is 1. The minimum atomic E-state index is -0.110. The smallest absolute Gasteiger partial charge is 0.309 e. The van der Waals surface area contributed by atoms with Crippen molar-refractivity contribution in [2.75, 3.05) is 7.11 Å². The van der Waals surface area contributed by atoms with Gasteiger partial charge in [-0.15, -0.1) is 0 Å². The van der Waals surface area contributed by atoms with Crippen molar-refractivity contribution in [3.63, 3.8) is 0 Å². The highest BCUT2D eigenvalue weighted by molar-refractivity contribution is 5.73. The quantitative estimate of drug-likeness (QED) is 0.618. The maximum Gasteiger partial charge on any atom is 0.309 e. The maximum absolute atomic E-state index is 11.3. The third-order valence-corrected chi connectivity index (χ3v) is 2.85. The second-order valence-corrected chi connectivity index (χ2v) is 3.71. The largest absolute Gasteiger partial charge is 0.469 e. The molecule has 76 valence electrons. The van der Waals surface area contributed by atoms with Gasteiger partial charge in [0.2, 0.25) is 0 Å². The fraction of sp³-hybridized carbons (Fsp3) is 0.600. The predicted molar refractivity (Wildman–Crippen MR) is 50.7 cm³/mol. The molecule has 1 unspecified atom stereocenters. The van der Waals surface area contributed by atoms with Crippen molar-refractivity contribution >= 4 is 5.97 Å². The van der Waals surface area contributed by atoms with Crippen LogP contribution in [0.1, 0.15) is 17.8 Å². The van der Waals surface area contributed by atoms with Crippen LogP contribution in [0.25, 0.3) is 0 Å². The molecule has 1 atom stereocenters. The van der Waals surface area contributed by atoms with Crippen LogP contribution >= 0.6 is 0 Å². The summed E-state index contributed by atoms with van der Waals surface area (Å²) in [4.78, 5) is 15.6. The molecule has 1 aromatic rings. The molecule has 0 bridgehead atoms. The summed E-state index contributed by atoms with van der Waals surface area (Å²) in [5.41, 5.74) is 2.30. The minimum Gasteiger partial charge on any atom is -0.469 e. The zero-order valence-corrected chi connectivity index (χ0v) is 8.49. The van der Waals surface area contributed by atoms with E-state index in [0.717, 1.165) is 25.0 Å². The average Bonchev–Trinajstić information content (AvgIpc) is 2.59. The molecule has 0 fully saturated rings. The summed E-state index contributed by atoms with van der Waals surface area (Å²) in [6.45, 7) is 0. The van der Waals surface area contributed by atoms with Crippen LogP contribution in [0.5, 0.6) is 0 Å². The first kappa shape index (κ1) is 9.24. The summed E-state index contributed by atoms with van der Waals surface area (Å²) in [6, 6.07) is 0. The lowest BCUT2D eigenvalue weighted by molar-refractivity contribution is -0.145. The maximum atomic E-state index is 11.3. The van der Waals surface area contributed by atoms with E-state index in [4.69, 9.17) is 4.74 Å². The van der Waals surface area contributed by atoms with Gasteiger partial charge in [0, 0.05) is 19.2 Å². The van der Waals surface area contributed by atoms with E-state index in [1.54, 1.807) is 0 Å². The zero-order valence-electron chi connectivity index (χ0n) is 8.49. The first-order valence-corrected chi connectivity index (χ1v) is 4.79. The fourth-order valence-corrected chi connectivity index (χ4v) is 2.01. The predicted octanol–water partition coefficient (Wildman–Crippen LogP) is 0.698. The Morgan fingerprint density at radius 3 is 3.21 bits per heavy atom. The van der Waals surface area contributed by atoms with Crippen LogP contribution in [0, 0.1) is 5.92 Å². The van der Waals surface area contributed by atoms with E-state index in [1.165, 1.54) is 12.8 Å². The summed E-state index contributed by atoms with van der Waals surface area (Å²) < 4.78 is 6.77. The van der Waals surface area contributed by atoms with Crippen LogP contribution in [0.15, 0.2) is 6.33 Å². The number of aromatic nitrogens is 2. The highest BCUT2D eigenvalue weighted by Gasteiger charge is 2.27. The number of ether oxygens (including phenoxy) is 1. The number of carbonyl (C=O) groups excluding carboxylic acids is 1. The molecule has 1 aromatic heterocycles. The average molecular weight is 194 g/mol. The number of nitrogens with zero attached hydrogens (tertiary/aromatic N) is 2. The molecule has 2 rings (SSSR count). The van der Waals surface area contributed by atoms with Gasteiger partial charge in [-0.2, -0.15) is 0 Å². The van der Waals surface area contributed by atoms with Gasteiger partial charge < -0.3 is 9.30 Å². The number of imidazole rings is 1. The van der Waals surface area contributed by atoms with Crippen molar-refractivity contribution in [1.29, 1.82) is 0 Å². The summed E-state index contributed by atoms with van der Waals surface area (Å²) >= 11 is 0. The number of carbonyl (C=O) groups is 1. The number of hydrogen-bond donors (Lipinski definition) is 0. The van der Waals surface area contributed by atoms with Gasteiger partial charge in [-0.05, 0) is 12.8 Å². The molecule has 4 heteroatoms. The van der Waals surface area contributed by atoms with Gasteiger partial charge in [0.1, 0.15) is 0 Å². The van der Waals surface area contributed by atoms with Crippen molar-refractivity contribution in [2.24, 2.45) is 13.0 Å². The monoisotopic (exact) mass is 194 g/mol. The molecule has 0 spiro atoms. The van der Waals surface area contributed by atoms with E-state index >= 15 is 0 Å². The first-order chi connectivity index (χ1) is 6.72. The lowest BCUT2D eigenvalue weighted by Crippen LogP contribution is -2.24. The molecule has 0 aliphatic heterocycles. The van der Waals surface area contributed by atoms with Crippen molar-refractivity contribution in [1.82, 2.24) is 9.55 Å². The van der Waals surface area contributed by atoms with E-state index in [-0.39, 0.29) is 11.9 Å². The summed E-state index contributed by atoms with van der Waals surface area (Å²) in [5.74, 6) is -0.108. The van der Waals surface area contributed by atoms with Crippen LogP contribution < -0.4 is 0 Å². The van der Waals surface area contributed by atoms with Crippen molar-refractivity contribution in [3.8, 4) is 0 Å². The number of fused-ring (bicyclic) bond motifs is 1. The van der Waals surface area contributed by atoms with Gasteiger partial charge in [-0.25, -0.2) is 4.98 Å². The lowest BCUT2D eigenvalue weighted by atomic mass is 9.90. The van der Waals surface area contributed by atoms with E-state index in [2.05, 4.69) is 4.98 Å². The second-order valence-electron chi connectivity index (χ2n) is 3.71. The van der Waals surface area contributed by atoms with Gasteiger partial charge in [-0.3, -0.25) is 4.79 Å². The topological polar surface area (TPSA) is 44.1 Å². The normalized spacial score (nSPS) is 20.3. The van der Waals surface area contributed by atoms with Crippen molar-refractivity contribution in [3.05, 3.63) is 17.7 Å². The Morgan fingerprint density at radius 1 is 1.71 bits per heavy atom. The standard InChI is InChI=1S/C10H14N2O2/c1-12-6-11-8-5-7(10(13)14-2)3-4-9(8)12/h6-7H,3-5H2,1-2H3. The van der Waals surface area contributed by atoms with Gasteiger partial charge >= 0.3 is 5.97 Å². The summed E-state index contributed by atoms with van der Waals surface area (Å²) in [7, 11) is 3.43. The Labute approximate surface area is 82.9 Å². The van der Waals surface area contributed by atoms with Crippen molar-refractivity contribution < 1.29 is 9.53 Å². The second kappa shape index (κ2) is 3.44. The van der Waals surface area contributed by atoms with Gasteiger partial charge in [0.05, 0.1) is 25.0 Å². The highest BCUT2D eigenvalue weighted by Crippen LogP contribution is 2.24.